The van der Waals surface area contributed by atoms with Gasteiger partial charge in [0.1, 0.15) is 6.61 Å². The number of carbonyl (C=O) groups excluding carboxylic acids is 1. The van der Waals surface area contributed by atoms with Crippen molar-refractivity contribution in [2.75, 3.05) is 6.61 Å². The van der Waals surface area contributed by atoms with Crippen molar-refractivity contribution in [3.8, 4) is 11.8 Å². The molecule has 0 bridgehead atoms. The molecule has 2 amide bonds. The lowest BCUT2D eigenvalue weighted by Crippen LogP contribution is -2.36. The van der Waals surface area contributed by atoms with Gasteiger partial charge in [0.25, 0.3) is 0 Å². The average Bonchev–Trinajstić information content (AvgIpc) is 3.01. The van der Waals surface area contributed by atoms with Gasteiger partial charge in [0.15, 0.2) is 0 Å². The molecule has 1 saturated carbocycles. The van der Waals surface area contributed by atoms with Crippen LogP contribution < -0.4 is 10.6 Å². The van der Waals surface area contributed by atoms with Crippen LogP contribution in [0.2, 0.25) is 0 Å². The molecule has 5 heteroatoms. The highest BCUT2D eigenvalue weighted by atomic mass is 32.1. The summed E-state index contributed by atoms with van der Waals surface area (Å²) in [6.07, 6.45) is 2.17. The number of urea groups is 1. The molecule has 1 aliphatic carbocycles. The van der Waals surface area contributed by atoms with Crippen LogP contribution in [0.15, 0.2) is 11.4 Å². The Hall–Kier alpha value is -1.51. The van der Waals surface area contributed by atoms with Crippen molar-refractivity contribution in [3.63, 3.8) is 0 Å². The van der Waals surface area contributed by atoms with Gasteiger partial charge >= 0.3 is 6.03 Å². The molecular weight excluding hydrogens is 236 g/mol. The molecule has 4 nitrogen and oxygen atoms in total. The number of amides is 2. The van der Waals surface area contributed by atoms with Crippen molar-refractivity contribution < 1.29 is 9.90 Å². The number of aliphatic hydroxyl groups excluding tert-OH is 1. The average molecular weight is 250 g/mol. The second-order valence-electron chi connectivity index (χ2n) is 3.82. The van der Waals surface area contributed by atoms with Crippen LogP contribution in [-0.2, 0) is 6.54 Å². The summed E-state index contributed by atoms with van der Waals surface area (Å²) in [6, 6.07) is 2.14. The van der Waals surface area contributed by atoms with Crippen molar-refractivity contribution in [2.45, 2.75) is 25.4 Å². The Kier molecular flexibility index (Phi) is 4.02. The third kappa shape index (κ3) is 3.77. The SMILES string of the molecule is O=C(NCc1sccc1C#CCO)NC1CC1. The first-order valence-electron chi connectivity index (χ1n) is 5.50. The molecule has 0 spiro atoms. The van der Waals surface area contributed by atoms with Crippen LogP contribution in [0, 0.1) is 11.8 Å². The first-order valence-corrected chi connectivity index (χ1v) is 6.38. The van der Waals surface area contributed by atoms with E-state index >= 15 is 0 Å². The lowest BCUT2D eigenvalue weighted by molar-refractivity contribution is 0.240. The Morgan fingerprint density at radius 1 is 1.59 bits per heavy atom. The third-order valence-corrected chi connectivity index (χ3v) is 3.29. The highest BCUT2D eigenvalue weighted by Gasteiger charge is 2.22. The van der Waals surface area contributed by atoms with E-state index in [0.717, 1.165) is 23.3 Å². The van der Waals surface area contributed by atoms with Crippen molar-refractivity contribution in [1.29, 1.82) is 0 Å². The van der Waals surface area contributed by atoms with E-state index in [0.29, 0.717) is 12.6 Å². The van der Waals surface area contributed by atoms with E-state index in [2.05, 4.69) is 22.5 Å². The van der Waals surface area contributed by atoms with Crippen molar-refractivity contribution in [2.24, 2.45) is 0 Å². The molecule has 3 N–H and O–H groups in total. The lowest BCUT2D eigenvalue weighted by atomic mass is 10.2. The molecule has 1 aromatic rings. The Morgan fingerprint density at radius 2 is 2.41 bits per heavy atom. The number of carbonyl (C=O) groups is 1. The highest BCUT2D eigenvalue weighted by molar-refractivity contribution is 7.10. The van der Waals surface area contributed by atoms with E-state index in [1.807, 2.05) is 11.4 Å². The van der Waals surface area contributed by atoms with Crippen LogP contribution in [0.4, 0.5) is 4.79 Å². The van der Waals surface area contributed by atoms with E-state index < -0.39 is 0 Å². The fourth-order valence-electron chi connectivity index (χ4n) is 1.35. The van der Waals surface area contributed by atoms with Gasteiger partial charge in [-0.25, -0.2) is 4.79 Å². The predicted molar refractivity (Wildman–Crippen MR) is 66.7 cm³/mol. The molecule has 0 aliphatic heterocycles. The maximum atomic E-state index is 11.4. The zero-order valence-electron chi connectivity index (χ0n) is 9.32. The monoisotopic (exact) mass is 250 g/mol. The van der Waals surface area contributed by atoms with Gasteiger partial charge in [-0.15, -0.1) is 11.3 Å². The fraction of sp³-hybridized carbons (Fsp3) is 0.417. The van der Waals surface area contributed by atoms with E-state index in [4.69, 9.17) is 5.11 Å². The van der Waals surface area contributed by atoms with Crippen LogP contribution in [0.25, 0.3) is 0 Å². The first-order chi connectivity index (χ1) is 8.29. The molecule has 90 valence electrons. The molecule has 0 saturated heterocycles. The lowest BCUT2D eigenvalue weighted by Gasteiger charge is -2.05. The van der Waals surface area contributed by atoms with Crippen molar-refractivity contribution >= 4 is 17.4 Å². The summed E-state index contributed by atoms with van der Waals surface area (Å²) < 4.78 is 0. The molecule has 0 radical (unpaired) electrons. The van der Waals surface area contributed by atoms with Crippen LogP contribution in [-0.4, -0.2) is 23.8 Å². The van der Waals surface area contributed by atoms with Gasteiger partial charge in [0.05, 0.1) is 6.54 Å². The highest BCUT2D eigenvalue weighted by Crippen LogP contribution is 2.18. The topological polar surface area (TPSA) is 61.4 Å². The number of hydrogen-bond donors (Lipinski definition) is 3. The third-order valence-electron chi connectivity index (χ3n) is 2.37. The minimum absolute atomic E-state index is 0.123. The molecule has 0 unspecified atom stereocenters. The van der Waals surface area contributed by atoms with Crippen LogP contribution in [0.3, 0.4) is 0 Å². The van der Waals surface area contributed by atoms with Gasteiger partial charge in [0.2, 0.25) is 0 Å². The van der Waals surface area contributed by atoms with E-state index in [1.54, 1.807) is 11.3 Å². The maximum Gasteiger partial charge on any atom is 0.315 e. The molecule has 1 aromatic heterocycles. The molecule has 0 aromatic carbocycles. The van der Waals surface area contributed by atoms with Gasteiger partial charge in [-0.3, -0.25) is 0 Å². The standard InChI is InChI=1S/C12H14N2O2S/c15-6-1-2-9-5-7-17-11(9)8-13-12(16)14-10-3-4-10/h5,7,10,15H,3-4,6,8H2,(H2,13,14,16). The second kappa shape index (κ2) is 5.71. The van der Waals surface area contributed by atoms with Crippen LogP contribution in [0.5, 0.6) is 0 Å². The van der Waals surface area contributed by atoms with Crippen molar-refractivity contribution in [3.05, 3.63) is 21.9 Å². The molecule has 2 rings (SSSR count). The first kappa shape index (κ1) is 12.0. The predicted octanol–water partition coefficient (Wildman–Crippen LogP) is 1.05. The number of thiophene rings is 1. The van der Waals surface area contributed by atoms with Gasteiger partial charge in [0, 0.05) is 16.5 Å². The number of hydrogen-bond acceptors (Lipinski definition) is 3. The number of aliphatic hydroxyl groups is 1. The summed E-state index contributed by atoms with van der Waals surface area (Å²) in [5.41, 5.74) is 0.871. The molecule has 17 heavy (non-hydrogen) atoms. The second-order valence-corrected chi connectivity index (χ2v) is 4.82. The summed E-state index contributed by atoms with van der Waals surface area (Å²) in [4.78, 5) is 12.4. The zero-order valence-corrected chi connectivity index (χ0v) is 10.1. The van der Waals surface area contributed by atoms with E-state index in [-0.39, 0.29) is 12.6 Å². The van der Waals surface area contributed by atoms with Crippen molar-refractivity contribution in [1.82, 2.24) is 10.6 Å². The molecule has 1 aliphatic rings. The maximum absolute atomic E-state index is 11.4. The van der Waals surface area contributed by atoms with Gasteiger partial charge in [-0.1, -0.05) is 11.8 Å². The normalized spacial score (nSPS) is 13.7. The molecular formula is C12H14N2O2S. The molecule has 0 atom stereocenters. The summed E-state index contributed by atoms with van der Waals surface area (Å²) in [6.45, 7) is 0.330. The smallest absolute Gasteiger partial charge is 0.315 e. The molecule has 1 fully saturated rings. The summed E-state index contributed by atoms with van der Waals surface area (Å²) in [5, 5.41) is 16.2. The quantitative estimate of drug-likeness (QED) is 0.702. The van der Waals surface area contributed by atoms with Gasteiger partial charge in [-0.2, -0.15) is 0 Å². The largest absolute Gasteiger partial charge is 0.384 e. The summed E-state index contributed by atoms with van der Waals surface area (Å²) in [7, 11) is 0. The zero-order chi connectivity index (χ0) is 12.1. The Labute approximate surface area is 104 Å². The minimum atomic E-state index is -0.148. The fourth-order valence-corrected chi connectivity index (χ4v) is 2.12. The van der Waals surface area contributed by atoms with Gasteiger partial charge < -0.3 is 15.7 Å². The summed E-state index contributed by atoms with van der Waals surface area (Å²) >= 11 is 1.55. The van der Waals surface area contributed by atoms with E-state index in [9.17, 15) is 4.79 Å². The van der Waals surface area contributed by atoms with Crippen LogP contribution >= 0.6 is 11.3 Å². The van der Waals surface area contributed by atoms with E-state index in [1.165, 1.54) is 0 Å². The minimum Gasteiger partial charge on any atom is -0.384 e. The number of nitrogens with one attached hydrogen (secondary N) is 2. The Bertz CT molecular complexity index is 455. The Balaban J connectivity index is 1.85. The van der Waals surface area contributed by atoms with Crippen LogP contribution in [0.1, 0.15) is 23.3 Å². The van der Waals surface area contributed by atoms with Gasteiger partial charge in [-0.05, 0) is 24.3 Å². The molecule has 1 heterocycles. The Morgan fingerprint density at radius 3 is 3.12 bits per heavy atom. The number of rotatable bonds is 3. The summed E-state index contributed by atoms with van der Waals surface area (Å²) in [5.74, 6) is 5.46.